The molecule has 1 aromatic carbocycles. The Labute approximate surface area is 317 Å². The standard InChI is InChI=1S/C38H58F3N6O6P/c1-4-6-8-10-12-14-16-26(17-15-13-11-9-7-5-2)23-51-36(49)30(20-27-18-28(39)21-29(40)19-27)46-54(50)52-24-38(3)31(48)22-32(53-38)47-25-43-33-34(42)44-37(41)45-35(33)47/h18-19,21,25-26,30-32,48,54H,4-17,20,22-24H2,1-3H3,(H,46,50)(H2,42,44,45)/t30-,31-,32+,38+/m0/s1. The Morgan fingerprint density at radius 2 is 1.63 bits per heavy atom. The first-order valence-corrected chi connectivity index (χ1v) is 20.8. The maximum absolute atomic E-state index is 14.1. The number of nitrogens with two attached hydrogens (primary N) is 1. The summed E-state index contributed by atoms with van der Waals surface area (Å²) in [6.45, 7) is 5.76. The minimum atomic E-state index is -3.21. The molecule has 0 amide bonds. The number of nitrogen functional groups attached to an aromatic ring is 1. The quantitative estimate of drug-likeness (QED) is 0.0329. The van der Waals surface area contributed by atoms with Crippen LogP contribution in [0.4, 0.5) is 19.0 Å². The van der Waals surface area contributed by atoms with Crippen molar-refractivity contribution in [3.05, 3.63) is 47.8 Å². The first-order chi connectivity index (χ1) is 25.9. The molecule has 3 aromatic rings. The van der Waals surface area contributed by atoms with Crippen molar-refractivity contribution in [2.45, 2.75) is 147 Å². The van der Waals surface area contributed by atoms with Crippen molar-refractivity contribution in [1.29, 1.82) is 0 Å². The molecule has 12 nitrogen and oxygen atoms in total. The molecule has 1 saturated heterocycles. The number of ether oxygens (including phenoxy) is 2. The van der Waals surface area contributed by atoms with E-state index in [1.165, 1.54) is 62.3 Å². The molecule has 1 aliphatic rings. The lowest BCUT2D eigenvalue weighted by atomic mass is 9.94. The first-order valence-electron chi connectivity index (χ1n) is 19.5. The maximum atomic E-state index is 14.1. The minimum absolute atomic E-state index is 0.0456. The number of aromatic nitrogens is 4. The van der Waals surface area contributed by atoms with Gasteiger partial charge in [-0.3, -0.25) is 13.9 Å². The summed E-state index contributed by atoms with van der Waals surface area (Å²) in [6.07, 6.45) is 13.9. The van der Waals surface area contributed by atoms with Crippen LogP contribution in [-0.4, -0.2) is 61.6 Å². The third kappa shape index (κ3) is 13.3. The number of imidazole rings is 1. The Kier molecular flexibility index (Phi) is 17.7. The second kappa shape index (κ2) is 21.8. The minimum Gasteiger partial charge on any atom is -0.464 e. The topological polar surface area (TPSA) is 164 Å². The van der Waals surface area contributed by atoms with Crippen molar-refractivity contribution in [2.75, 3.05) is 18.9 Å². The monoisotopic (exact) mass is 782 g/mol. The van der Waals surface area contributed by atoms with E-state index in [4.69, 9.17) is 19.7 Å². The Morgan fingerprint density at radius 1 is 1.02 bits per heavy atom. The van der Waals surface area contributed by atoms with Crippen LogP contribution in [0.25, 0.3) is 11.2 Å². The van der Waals surface area contributed by atoms with E-state index in [0.29, 0.717) is 0 Å². The van der Waals surface area contributed by atoms with Gasteiger partial charge in [0.1, 0.15) is 29.5 Å². The van der Waals surface area contributed by atoms with Crippen molar-refractivity contribution in [2.24, 2.45) is 5.92 Å². The number of nitrogens with zero attached hydrogens (tertiary/aromatic N) is 4. The van der Waals surface area contributed by atoms with Gasteiger partial charge in [-0.1, -0.05) is 90.9 Å². The lowest BCUT2D eigenvalue weighted by molar-refractivity contribution is -0.147. The highest BCUT2D eigenvalue weighted by Crippen LogP contribution is 2.39. The predicted molar refractivity (Wildman–Crippen MR) is 201 cm³/mol. The molecule has 0 radical (unpaired) electrons. The zero-order valence-corrected chi connectivity index (χ0v) is 32.8. The summed E-state index contributed by atoms with van der Waals surface area (Å²) in [5.74, 6) is -2.31. The third-order valence-corrected chi connectivity index (χ3v) is 11.1. The molecule has 3 heterocycles. The van der Waals surface area contributed by atoms with Gasteiger partial charge in [0, 0.05) is 12.5 Å². The van der Waals surface area contributed by atoms with Crippen LogP contribution in [0.3, 0.4) is 0 Å². The molecule has 0 aliphatic carbocycles. The summed E-state index contributed by atoms with van der Waals surface area (Å²) in [7, 11) is -3.21. The average Bonchev–Trinajstić information content (AvgIpc) is 3.68. The summed E-state index contributed by atoms with van der Waals surface area (Å²) in [5.41, 5.74) is 4.82. The van der Waals surface area contributed by atoms with Gasteiger partial charge in [-0.2, -0.15) is 14.4 Å². The molecule has 1 aliphatic heterocycles. The molecule has 4 rings (SSSR count). The molecule has 0 saturated carbocycles. The lowest BCUT2D eigenvalue weighted by Crippen LogP contribution is -2.41. The van der Waals surface area contributed by atoms with Gasteiger partial charge < -0.3 is 24.8 Å². The first kappa shape index (κ1) is 43.6. The van der Waals surface area contributed by atoms with Crippen LogP contribution in [0.15, 0.2) is 24.5 Å². The Balaban J connectivity index is 1.38. The SMILES string of the molecule is CCCCCCCCC(CCCCCCCC)COC(=O)[C@H](Cc1cc(F)cc(F)c1)N[PH](=O)OC[C@@]1(C)O[C@@H](n2cnc3c(N)nc(F)nc32)C[C@@H]1O. The second-order valence-electron chi connectivity index (χ2n) is 14.7. The van der Waals surface area contributed by atoms with E-state index in [-0.39, 0.29) is 54.5 Å². The van der Waals surface area contributed by atoms with Crippen molar-refractivity contribution < 1.29 is 41.6 Å². The van der Waals surface area contributed by atoms with E-state index in [0.717, 1.165) is 56.7 Å². The molecule has 302 valence electrons. The molecule has 54 heavy (non-hydrogen) atoms. The van der Waals surface area contributed by atoms with Gasteiger partial charge in [0.2, 0.25) is 0 Å². The van der Waals surface area contributed by atoms with E-state index in [9.17, 15) is 27.6 Å². The fraction of sp³-hybridized carbons (Fsp3) is 0.684. The molecular weight excluding hydrogens is 724 g/mol. The Hall–Kier alpha value is -3.10. The molecule has 0 spiro atoms. The van der Waals surface area contributed by atoms with Crippen molar-refractivity contribution >= 4 is 31.1 Å². The van der Waals surface area contributed by atoms with Gasteiger partial charge in [0.15, 0.2) is 17.0 Å². The van der Waals surface area contributed by atoms with Gasteiger partial charge in [-0.15, -0.1) is 0 Å². The van der Waals surface area contributed by atoms with Gasteiger partial charge in [-0.05, 0) is 49.8 Å². The fourth-order valence-corrected chi connectivity index (χ4v) is 7.89. The summed E-state index contributed by atoms with van der Waals surface area (Å²) in [6, 6.07) is 1.71. The lowest BCUT2D eigenvalue weighted by Gasteiger charge is -2.28. The predicted octanol–water partition coefficient (Wildman–Crippen LogP) is 8.13. The van der Waals surface area contributed by atoms with Crippen LogP contribution in [0.2, 0.25) is 0 Å². The van der Waals surface area contributed by atoms with Crippen molar-refractivity contribution in [1.82, 2.24) is 24.6 Å². The van der Waals surface area contributed by atoms with E-state index >= 15 is 0 Å². The number of aliphatic hydroxyl groups is 1. The number of aliphatic hydroxyl groups excluding tert-OH is 1. The van der Waals surface area contributed by atoms with E-state index in [1.54, 1.807) is 6.92 Å². The van der Waals surface area contributed by atoms with E-state index < -0.39 is 55.8 Å². The second-order valence-corrected chi connectivity index (χ2v) is 15.9. The van der Waals surface area contributed by atoms with Crippen LogP contribution in [0.1, 0.15) is 129 Å². The number of hydrogen-bond donors (Lipinski definition) is 3. The van der Waals surface area contributed by atoms with Gasteiger partial charge in [0.05, 0.1) is 25.6 Å². The number of hydrogen-bond acceptors (Lipinski definition) is 10. The number of benzene rings is 1. The molecule has 0 bridgehead atoms. The number of rotatable bonds is 25. The molecule has 4 N–H and O–H groups in total. The van der Waals surface area contributed by atoms with Gasteiger partial charge in [-0.25, -0.2) is 18.9 Å². The number of halogens is 3. The largest absolute Gasteiger partial charge is 0.464 e. The van der Waals surface area contributed by atoms with Crippen molar-refractivity contribution in [3.63, 3.8) is 0 Å². The van der Waals surface area contributed by atoms with Crippen LogP contribution < -0.4 is 10.8 Å². The average molecular weight is 783 g/mol. The fourth-order valence-electron chi connectivity index (χ4n) is 6.89. The number of carbonyl (C=O) groups is 1. The third-order valence-electron chi connectivity index (χ3n) is 10.1. The number of unbranched alkanes of at least 4 members (excludes halogenated alkanes) is 10. The molecule has 5 atom stereocenters. The highest BCUT2D eigenvalue weighted by Gasteiger charge is 2.46. The Bertz CT molecular complexity index is 1620. The summed E-state index contributed by atoms with van der Waals surface area (Å²) < 4.78 is 74.5. The Morgan fingerprint density at radius 3 is 2.26 bits per heavy atom. The van der Waals surface area contributed by atoms with E-state index in [2.05, 4.69) is 33.9 Å². The summed E-state index contributed by atoms with van der Waals surface area (Å²) >= 11 is 0. The number of nitrogens with one attached hydrogen (secondary N) is 1. The smallest absolute Gasteiger partial charge is 0.323 e. The van der Waals surface area contributed by atoms with E-state index in [1.807, 2.05) is 0 Å². The van der Waals surface area contributed by atoms with Crippen molar-refractivity contribution in [3.8, 4) is 0 Å². The number of anilines is 1. The van der Waals surface area contributed by atoms with Crippen LogP contribution in [0, 0.1) is 23.6 Å². The summed E-state index contributed by atoms with van der Waals surface area (Å²) in [5, 5.41) is 13.6. The number of fused-ring (bicyclic) bond motifs is 1. The molecule has 16 heteroatoms. The van der Waals surface area contributed by atoms with Gasteiger partial charge in [0.25, 0.3) is 8.18 Å². The number of carbonyl (C=O) groups excluding carboxylic acids is 1. The molecule has 1 unspecified atom stereocenters. The molecule has 1 fully saturated rings. The van der Waals surface area contributed by atoms with Gasteiger partial charge >= 0.3 is 12.0 Å². The zero-order valence-electron chi connectivity index (χ0n) is 31.8. The molecular formula is C38H58F3N6O6P. The highest BCUT2D eigenvalue weighted by molar-refractivity contribution is 7.36. The highest BCUT2D eigenvalue weighted by atomic mass is 31.1. The molecule has 2 aromatic heterocycles. The van der Waals surface area contributed by atoms with Crippen LogP contribution >= 0.6 is 8.18 Å². The normalized spacial score (nSPS) is 19.9. The van der Waals surface area contributed by atoms with Crippen LogP contribution in [0.5, 0.6) is 0 Å². The maximum Gasteiger partial charge on any atom is 0.323 e. The number of esters is 1. The zero-order chi connectivity index (χ0) is 39.1. The summed E-state index contributed by atoms with van der Waals surface area (Å²) in [4.78, 5) is 25.0. The van der Waals surface area contributed by atoms with Crippen LogP contribution in [-0.2, 0) is 29.8 Å².